The third-order valence-electron chi connectivity index (χ3n) is 2.68. The molecule has 3 rings (SSSR count). The van der Waals surface area contributed by atoms with Gasteiger partial charge < -0.3 is 4.98 Å². The van der Waals surface area contributed by atoms with Crippen LogP contribution < -0.4 is 5.43 Å². The first kappa shape index (κ1) is 9.09. The first-order valence-corrected chi connectivity index (χ1v) is 4.96. The van der Waals surface area contributed by atoms with Gasteiger partial charge in [-0.2, -0.15) is 0 Å². The molecule has 2 nitrogen and oxygen atoms in total. The van der Waals surface area contributed by atoms with Crippen molar-refractivity contribution in [2.45, 2.75) is 0 Å². The number of aromatic nitrogens is 1. The summed E-state index contributed by atoms with van der Waals surface area (Å²) in [6, 6.07) is 12.1. The van der Waals surface area contributed by atoms with Crippen molar-refractivity contribution in [3.05, 3.63) is 58.5 Å². The van der Waals surface area contributed by atoms with Gasteiger partial charge in [0.1, 0.15) is 0 Å². The first-order chi connectivity index (χ1) is 7.75. The predicted molar refractivity (Wildman–Crippen MR) is 61.1 cm³/mol. The summed E-state index contributed by atoms with van der Waals surface area (Å²) >= 11 is 0. The zero-order valence-electron chi connectivity index (χ0n) is 8.33. The average Bonchev–Trinajstić information content (AvgIpc) is 2.32. The summed E-state index contributed by atoms with van der Waals surface area (Å²) in [5.74, 6) is -0.712. The Hall–Kier alpha value is -2.16. The molecule has 0 saturated carbocycles. The number of hydrogen-bond donors (Lipinski definition) is 1. The van der Waals surface area contributed by atoms with E-state index in [0.717, 1.165) is 10.9 Å². The van der Waals surface area contributed by atoms with Crippen LogP contribution in [0.2, 0.25) is 0 Å². The molecule has 0 atom stereocenters. The molecule has 0 aromatic heterocycles. The third kappa shape index (κ3) is 1.21. The fraction of sp³-hybridized carbons (Fsp3) is 0. The van der Waals surface area contributed by atoms with Crippen LogP contribution in [-0.2, 0) is 0 Å². The maximum atomic E-state index is 13.1. The number of benzene rings is 2. The third-order valence-corrected chi connectivity index (χ3v) is 2.68. The van der Waals surface area contributed by atoms with Crippen molar-refractivity contribution in [2.75, 3.05) is 0 Å². The Kier molecular flexibility index (Phi) is 1.80. The van der Waals surface area contributed by atoms with Crippen molar-refractivity contribution < 1.29 is 4.39 Å². The molecule has 1 heterocycles. The first-order valence-electron chi connectivity index (χ1n) is 4.96. The number of H-pyrrole nitrogens is 1. The Labute approximate surface area is 90.7 Å². The van der Waals surface area contributed by atoms with Crippen LogP contribution in [0.1, 0.15) is 0 Å². The van der Waals surface area contributed by atoms with Gasteiger partial charge in [0, 0.05) is 16.8 Å². The zero-order chi connectivity index (χ0) is 11.1. The highest BCUT2D eigenvalue weighted by Crippen LogP contribution is 2.21. The lowest BCUT2D eigenvalue weighted by atomic mass is 10.1. The molecule has 78 valence electrons. The second-order valence-electron chi connectivity index (χ2n) is 3.69. The van der Waals surface area contributed by atoms with E-state index in [9.17, 15) is 9.18 Å². The number of aromatic amines is 1. The molecule has 0 amide bonds. The van der Waals surface area contributed by atoms with E-state index in [0.29, 0.717) is 11.3 Å². The van der Waals surface area contributed by atoms with Gasteiger partial charge in [0.15, 0.2) is 5.82 Å². The molecular weight excluding hydrogens is 205 g/mol. The van der Waals surface area contributed by atoms with Gasteiger partial charge in [0.05, 0.1) is 0 Å². The standard InChI is InChI=1S/C13H8FNO/c14-10-5-6-12-9(13(10)16)7-8-3-1-2-4-11(8)15-12/h1-7,15H. The normalized spacial score (nSPS) is 11.1. The lowest BCUT2D eigenvalue weighted by Gasteiger charge is -2.07. The molecule has 16 heavy (non-hydrogen) atoms. The number of fused-ring (bicyclic) bond motifs is 2. The highest BCUT2D eigenvalue weighted by Gasteiger charge is 2.10. The van der Waals surface area contributed by atoms with Crippen molar-refractivity contribution >= 4 is 10.9 Å². The summed E-state index contributed by atoms with van der Waals surface area (Å²) in [4.78, 5) is 14.7. The van der Waals surface area contributed by atoms with Crippen molar-refractivity contribution in [3.63, 3.8) is 0 Å². The van der Waals surface area contributed by atoms with E-state index in [2.05, 4.69) is 4.98 Å². The van der Waals surface area contributed by atoms with Gasteiger partial charge >= 0.3 is 0 Å². The second kappa shape index (κ2) is 3.17. The monoisotopic (exact) mass is 213 g/mol. The lowest BCUT2D eigenvalue weighted by Crippen LogP contribution is -2.10. The van der Waals surface area contributed by atoms with E-state index >= 15 is 0 Å². The summed E-state index contributed by atoms with van der Waals surface area (Å²) < 4.78 is 13.1. The summed E-state index contributed by atoms with van der Waals surface area (Å²) in [6.07, 6.45) is 0. The lowest BCUT2D eigenvalue weighted by molar-refractivity contribution is 0.618. The number of para-hydroxylation sites is 1. The van der Waals surface area contributed by atoms with E-state index in [1.807, 2.05) is 24.3 Å². The number of nitrogens with one attached hydrogen (secondary N) is 1. The van der Waals surface area contributed by atoms with E-state index in [1.165, 1.54) is 6.07 Å². The Morgan fingerprint density at radius 3 is 2.75 bits per heavy atom. The minimum Gasteiger partial charge on any atom is -0.354 e. The number of pyridine rings is 1. The SMILES string of the molecule is O=c1c(F)ccc2[nH]c3ccccc3cc1-2. The quantitative estimate of drug-likeness (QED) is 0.572. The van der Waals surface area contributed by atoms with Crippen LogP contribution in [0.15, 0.2) is 47.3 Å². The van der Waals surface area contributed by atoms with Gasteiger partial charge in [-0.1, -0.05) is 18.2 Å². The Bertz CT molecular complexity index is 702. The second-order valence-corrected chi connectivity index (χ2v) is 3.69. The molecule has 0 fully saturated rings. The van der Waals surface area contributed by atoms with Gasteiger partial charge in [-0.05, 0) is 29.7 Å². The van der Waals surface area contributed by atoms with Crippen molar-refractivity contribution in [1.82, 2.24) is 4.98 Å². The van der Waals surface area contributed by atoms with Crippen LogP contribution in [-0.4, -0.2) is 4.98 Å². The number of halogens is 1. The fourth-order valence-corrected chi connectivity index (χ4v) is 1.86. The van der Waals surface area contributed by atoms with Gasteiger partial charge in [-0.3, -0.25) is 4.79 Å². The van der Waals surface area contributed by atoms with Crippen molar-refractivity contribution in [3.8, 4) is 11.3 Å². The van der Waals surface area contributed by atoms with E-state index in [-0.39, 0.29) is 0 Å². The van der Waals surface area contributed by atoms with Gasteiger partial charge in [-0.15, -0.1) is 0 Å². The summed E-state index contributed by atoms with van der Waals surface area (Å²) in [5, 5.41) is 0.901. The highest BCUT2D eigenvalue weighted by atomic mass is 19.1. The van der Waals surface area contributed by atoms with E-state index in [1.54, 1.807) is 12.1 Å². The zero-order valence-corrected chi connectivity index (χ0v) is 8.33. The molecule has 0 radical (unpaired) electrons. The summed E-state index contributed by atoms with van der Waals surface area (Å²) in [5.41, 5.74) is 1.42. The predicted octanol–water partition coefficient (Wildman–Crippen LogP) is 2.77. The van der Waals surface area contributed by atoms with Crippen LogP contribution in [0.5, 0.6) is 0 Å². The summed E-state index contributed by atoms with van der Waals surface area (Å²) in [6.45, 7) is 0. The molecule has 1 aliphatic carbocycles. The molecule has 3 heteroatoms. The molecule has 1 aromatic carbocycles. The van der Waals surface area contributed by atoms with Crippen LogP contribution in [0.25, 0.3) is 22.2 Å². The van der Waals surface area contributed by atoms with Crippen LogP contribution in [0, 0.1) is 5.82 Å². The van der Waals surface area contributed by atoms with E-state index < -0.39 is 11.2 Å². The highest BCUT2D eigenvalue weighted by molar-refractivity contribution is 5.85. The molecule has 0 spiro atoms. The molecule has 1 aliphatic heterocycles. The Balaban J connectivity index is 2.53. The maximum Gasteiger partial charge on any atom is 0.223 e. The fourth-order valence-electron chi connectivity index (χ4n) is 1.86. The van der Waals surface area contributed by atoms with Gasteiger partial charge in [0.2, 0.25) is 5.43 Å². The molecule has 0 unspecified atom stereocenters. The molecule has 1 aromatic rings. The number of hydrogen-bond acceptors (Lipinski definition) is 1. The minimum atomic E-state index is -0.712. The van der Waals surface area contributed by atoms with Crippen LogP contribution >= 0.6 is 0 Å². The molecular formula is C13H8FNO. The smallest absolute Gasteiger partial charge is 0.223 e. The van der Waals surface area contributed by atoms with Gasteiger partial charge in [-0.25, -0.2) is 4.39 Å². The summed E-state index contributed by atoms with van der Waals surface area (Å²) in [7, 11) is 0. The minimum absolute atomic E-state index is 0.388. The Morgan fingerprint density at radius 1 is 1.06 bits per heavy atom. The molecule has 0 bridgehead atoms. The molecule has 0 saturated heterocycles. The average molecular weight is 213 g/mol. The Morgan fingerprint density at radius 2 is 1.88 bits per heavy atom. The van der Waals surface area contributed by atoms with Crippen LogP contribution in [0.4, 0.5) is 4.39 Å². The largest absolute Gasteiger partial charge is 0.354 e. The van der Waals surface area contributed by atoms with Crippen molar-refractivity contribution in [1.29, 1.82) is 0 Å². The number of rotatable bonds is 0. The van der Waals surface area contributed by atoms with Crippen molar-refractivity contribution in [2.24, 2.45) is 0 Å². The topological polar surface area (TPSA) is 32.9 Å². The molecule has 1 N–H and O–H groups in total. The molecule has 2 aliphatic rings. The van der Waals surface area contributed by atoms with Crippen LogP contribution in [0.3, 0.4) is 0 Å². The van der Waals surface area contributed by atoms with E-state index in [4.69, 9.17) is 0 Å². The van der Waals surface area contributed by atoms with Gasteiger partial charge in [0.25, 0.3) is 0 Å². The maximum absolute atomic E-state index is 13.1.